The summed E-state index contributed by atoms with van der Waals surface area (Å²) >= 11 is 0. The predicted octanol–water partition coefficient (Wildman–Crippen LogP) is 2.65. The molecule has 148 valence electrons. The number of carbonyl (C=O) groups excluding carboxylic acids is 1. The van der Waals surface area contributed by atoms with E-state index in [1.165, 1.54) is 6.08 Å². The van der Waals surface area contributed by atoms with Crippen molar-refractivity contribution >= 4 is 12.0 Å². The second-order valence-electron chi connectivity index (χ2n) is 7.00. The van der Waals surface area contributed by atoms with Gasteiger partial charge in [-0.3, -0.25) is 4.79 Å². The lowest BCUT2D eigenvalue weighted by Gasteiger charge is -2.18. The van der Waals surface area contributed by atoms with Gasteiger partial charge in [-0.2, -0.15) is 0 Å². The van der Waals surface area contributed by atoms with Gasteiger partial charge in [0.1, 0.15) is 11.9 Å². The smallest absolute Gasteiger partial charge is 0.243 e. The average molecular weight is 382 g/mol. The first-order valence-electron chi connectivity index (χ1n) is 9.54. The van der Waals surface area contributed by atoms with Gasteiger partial charge in [-0.1, -0.05) is 12.5 Å². The number of likely N-dealkylation sites (N-methyl/N-ethyl adjacent to an activating group) is 1. The Morgan fingerprint density at radius 2 is 2.07 bits per heavy atom. The van der Waals surface area contributed by atoms with Crippen LogP contribution < -0.4 is 15.8 Å². The fourth-order valence-electron chi connectivity index (χ4n) is 3.28. The summed E-state index contributed by atoms with van der Waals surface area (Å²) in [6.45, 7) is 0. The molecule has 1 unspecified atom stereocenters. The number of hydrogen-bond donors (Lipinski definition) is 3. The number of nitrogens with two attached hydrogens (primary N) is 1. The minimum absolute atomic E-state index is 0.0665. The predicted molar refractivity (Wildman–Crippen MR) is 108 cm³/mol. The van der Waals surface area contributed by atoms with Crippen molar-refractivity contribution in [1.29, 1.82) is 0 Å². The highest BCUT2D eigenvalue weighted by Gasteiger charge is 2.19. The van der Waals surface area contributed by atoms with E-state index in [9.17, 15) is 9.90 Å². The summed E-state index contributed by atoms with van der Waals surface area (Å²) in [6.07, 6.45) is 8.19. The molecule has 2 aromatic rings. The third-order valence-corrected chi connectivity index (χ3v) is 4.82. The second kappa shape index (κ2) is 9.32. The summed E-state index contributed by atoms with van der Waals surface area (Å²) in [5, 5.41) is 21.1. The molecular weight excluding hydrogens is 356 g/mol. The van der Waals surface area contributed by atoms with Gasteiger partial charge in [0.2, 0.25) is 11.8 Å². The van der Waals surface area contributed by atoms with Crippen LogP contribution in [0.15, 0.2) is 36.4 Å². The van der Waals surface area contributed by atoms with Gasteiger partial charge in [-0.15, -0.1) is 10.2 Å². The number of aromatic hydroxyl groups is 1. The van der Waals surface area contributed by atoms with Gasteiger partial charge in [0.05, 0.1) is 5.69 Å². The SMILES string of the molecule is CNC(=O)/C=C/c1ccc(-c2ccc(O[C@H]3CCCCC(N)C3)nn2)c(O)c1. The highest BCUT2D eigenvalue weighted by Crippen LogP contribution is 2.29. The van der Waals surface area contributed by atoms with Gasteiger partial charge in [0.15, 0.2) is 0 Å². The molecule has 1 aliphatic rings. The van der Waals surface area contributed by atoms with Crippen LogP contribution in [0.2, 0.25) is 0 Å². The number of carbonyl (C=O) groups is 1. The maximum absolute atomic E-state index is 11.3. The molecule has 1 fully saturated rings. The minimum atomic E-state index is -0.209. The topological polar surface area (TPSA) is 110 Å². The summed E-state index contributed by atoms with van der Waals surface area (Å²) in [4.78, 5) is 11.3. The van der Waals surface area contributed by atoms with Crippen molar-refractivity contribution in [3.05, 3.63) is 42.0 Å². The molecule has 0 radical (unpaired) electrons. The van der Waals surface area contributed by atoms with E-state index >= 15 is 0 Å². The van der Waals surface area contributed by atoms with Crippen molar-refractivity contribution in [2.75, 3.05) is 7.05 Å². The lowest BCUT2D eigenvalue weighted by atomic mass is 10.1. The lowest BCUT2D eigenvalue weighted by molar-refractivity contribution is -0.115. The normalized spacial score (nSPS) is 19.9. The lowest BCUT2D eigenvalue weighted by Crippen LogP contribution is -2.27. The largest absolute Gasteiger partial charge is 0.507 e. The number of nitrogens with zero attached hydrogens (tertiary/aromatic N) is 2. The van der Waals surface area contributed by atoms with Crippen molar-refractivity contribution in [3.63, 3.8) is 0 Å². The van der Waals surface area contributed by atoms with Crippen LogP contribution in [0.4, 0.5) is 0 Å². The van der Waals surface area contributed by atoms with Crippen LogP contribution in [0.3, 0.4) is 0 Å². The number of hydrogen-bond acceptors (Lipinski definition) is 6. The highest BCUT2D eigenvalue weighted by molar-refractivity contribution is 5.91. The zero-order valence-electron chi connectivity index (χ0n) is 16.0. The Morgan fingerprint density at radius 3 is 2.79 bits per heavy atom. The second-order valence-corrected chi connectivity index (χ2v) is 7.00. The van der Waals surface area contributed by atoms with Gasteiger partial charge in [-0.25, -0.2) is 0 Å². The summed E-state index contributed by atoms with van der Waals surface area (Å²) in [6, 6.07) is 8.83. The zero-order valence-corrected chi connectivity index (χ0v) is 16.0. The van der Waals surface area contributed by atoms with Crippen molar-refractivity contribution in [1.82, 2.24) is 15.5 Å². The van der Waals surface area contributed by atoms with E-state index in [0.29, 0.717) is 22.7 Å². The minimum Gasteiger partial charge on any atom is -0.507 e. The van der Waals surface area contributed by atoms with Crippen LogP contribution in [0.1, 0.15) is 37.7 Å². The molecule has 1 heterocycles. The third kappa shape index (κ3) is 5.29. The molecule has 3 rings (SSSR count). The molecule has 7 nitrogen and oxygen atoms in total. The standard InChI is InChI=1S/C21H26N4O3/c1-23-20(27)10-7-14-6-8-17(19(26)12-14)18-9-11-21(25-24-18)28-16-5-3-2-4-15(22)13-16/h6-12,15-16,26H,2-5,13,22H2,1H3,(H,23,27)/b10-7+/t15?,16-/m0/s1. The first kappa shape index (κ1) is 19.8. The Morgan fingerprint density at radius 1 is 1.25 bits per heavy atom. The van der Waals surface area contributed by atoms with E-state index in [1.54, 1.807) is 43.5 Å². The van der Waals surface area contributed by atoms with E-state index in [1.807, 2.05) is 0 Å². The molecule has 1 amide bonds. The summed E-state index contributed by atoms with van der Waals surface area (Å²) < 4.78 is 5.95. The summed E-state index contributed by atoms with van der Waals surface area (Å²) in [5.74, 6) is 0.323. The van der Waals surface area contributed by atoms with Crippen LogP contribution in [0.25, 0.3) is 17.3 Å². The third-order valence-electron chi connectivity index (χ3n) is 4.82. The van der Waals surface area contributed by atoms with E-state index in [4.69, 9.17) is 10.5 Å². The number of phenolic OH excluding ortho intramolecular Hbond substituents is 1. The molecule has 1 aliphatic carbocycles. The quantitative estimate of drug-likeness (QED) is 0.542. The molecular formula is C21H26N4O3. The molecule has 1 aromatic carbocycles. The molecule has 0 spiro atoms. The fourth-order valence-corrected chi connectivity index (χ4v) is 3.28. The molecule has 4 N–H and O–H groups in total. The number of benzene rings is 1. The monoisotopic (exact) mass is 382 g/mol. The van der Waals surface area contributed by atoms with Gasteiger partial charge in [0, 0.05) is 30.8 Å². The summed E-state index contributed by atoms with van der Waals surface area (Å²) in [5.41, 5.74) is 7.90. The Kier molecular flexibility index (Phi) is 6.60. The average Bonchev–Trinajstić information content (AvgIpc) is 2.90. The van der Waals surface area contributed by atoms with Crippen LogP contribution in [-0.4, -0.2) is 40.4 Å². The Balaban J connectivity index is 1.69. The van der Waals surface area contributed by atoms with Crippen LogP contribution in [0.5, 0.6) is 11.6 Å². The fraction of sp³-hybridized carbons (Fsp3) is 0.381. The number of rotatable bonds is 5. The zero-order chi connectivity index (χ0) is 19.9. The number of phenols is 1. The first-order chi connectivity index (χ1) is 13.5. The molecule has 1 saturated carbocycles. The Bertz CT molecular complexity index is 836. The number of nitrogens with one attached hydrogen (secondary N) is 1. The molecule has 0 saturated heterocycles. The Hall–Kier alpha value is -2.93. The van der Waals surface area contributed by atoms with Crippen LogP contribution in [-0.2, 0) is 4.79 Å². The van der Waals surface area contributed by atoms with E-state index in [0.717, 1.165) is 32.1 Å². The van der Waals surface area contributed by atoms with Gasteiger partial charge >= 0.3 is 0 Å². The number of amides is 1. The van der Waals surface area contributed by atoms with E-state index < -0.39 is 0 Å². The molecule has 1 aromatic heterocycles. The van der Waals surface area contributed by atoms with E-state index in [2.05, 4.69) is 15.5 Å². The van der Waals surface area contributed by atoms with Crippen molar-refractivity contribution in [2.24, 2.45) is 5.73 Å². The number of ether oxygens (including phenoxy) is 1. The van der Waals surface area contributed by atoms with Gasteiger partial charge in [-0.05, 0) is 55.5 Å². The number of aromatic nitrogens is 2. The van der Waals surface area contributed by atoms with Crippen molar-refractivity contribution in [3.8, 4) is 22.9 Å². The molecule has 0 bridgehead atoms. The van der Waals surface area contributed by atoms with Crippen molar-refractivity contribution in [2.45, 2.75) is 44.2 Å². The molecule has 7 heteroatoms. The maximum Gasteiger partial charge on any atom is 0.243 e. The van der Waals surface area contributed by atoms with E-state index in [-0.39, 0.29) is 23.8 Å². The maximum atomic E-state index is 11.3. The molecule has 28 heavy (non-hydrogen) atoms. The molecule has 2 atom stereocenters. The first-order valence-corrected chi connectivity index (χ1v) is 9.54. The Labute approximate surface area is 164 Å². The van der Waals surface area contributed by atoms with Gasteiger partial charge in [0.25, 0.3) is 0 Å². The molecule has 0 aliphatic heterocycles. The summed E-state index contributed by atoms with van der Waals surface area (Å²) in [7, 11) is 1.56. The van der Waals surface area contributed by atoms with Crippen molar-refractivity contribution < 1.29 is 14.6 Å². The van der Waals surface area contributed by atoms with Crippen LogP contribution in [0, 0.1) is 0 Å². The van der Waals surface area contributed by atoms with Crippen LogP contribution >= 0.6 is 0 Å². The van der Waals surface area contributed by atoms with Gasteiger partial charge < -0.3 is 20.9 Å². The highest BCUT2D eigenvalue weighted by atomic mass is 16.5.